The van der Waals surface area contributed by atoms with Gasteiger partial charge in [0, 0.05) is 12.3 Å². The van der Waals surface area contributed by atoms with Gasteiger partial charge < -0.3 is 0 Å². The maximum Gasteiger partial charge on any atom is 0.108 e. The normalized spacial score (nSPS) is 31.6. The van der Waals surface area contributed by atoms with Crippen molar-refractivity contribution in [3.63, 3.8) is 0 Å². The summed E-state index contributed by atoms with van der Waals surface area (Å²) in [5, 5.41) is 15.5. The Bertz CT molecular complexity index is 275. The summed E-state index contributed by atoms with van der Waals surface area (Å²) in [5.74, 6) is 0.321. The zero-order valence-electron chi connectivity index (χ0n) is 9.65. The molecular formula is C11H19N3. The summed E-state index contributed by atoms with van der Waals surface area (Å²) in [7, 11) is 0. The fourth-order valence-corrected chi connectivity index (χ4v) is 2.03. The van der Waals surface area contributed by atoms with Gasteiger partial charge in [-0.15, -0.1) is 0 Å². The molecule has 1 rings (SSSR count). The van der Waals surface area contributed by atoms with Crippen molar-refractivity contribution >= 4 is 6.21 Å². The fourth-order valence-electron chi connectivity index (χ4n) is 2.03. The zero-order valence-corrected chi connectivity index (χ0v) is 9.65. The molecule has 0 N–H and O–H groups in total. The highest BCUT2D eigenvalue weighted by Gasteiger charge is 2.46. The Balaban J connectivity index is 3.03. The Morgan fingerprint density at radius 2 is 2.00 bits per heavy atom. The van der Waals surface area contributed by atoms with Gasteiger partial charge in [0.25, 0.3) is 0 Å². The molecule has 0 amide bonds. The van der Waals surface area contributed by atoms with Crippen LogP contribution in [-0.2, 0) is 0 Å². The molecule has 1 aliphatic rings. The lowest BCUT2D eigenvalue weighted by atomic mass is 9.78. The molecule has 0 saturated carbocycles. The van der Waals surface area contributed by atoms with Gasteiger partial charge in [-0.25, -0.2) is 0 Å². The molecule has 0 aromatic heterocycles. The highest BCUT2D eigenvalue weighted by molar-refractivity contribution is 5.68. The second-order valence-electron chi connectivity index (χ2n) is 4.69. The van der Waals surface area contributed by atoms with E-state index in [1.54, 1.807) is 6.21 Å². The smallest absolute Gasteiger partial charge is 0.108 e. The SMILES string of the molecule is CC(C)N1N=CC(C#N)C1(C)C(C)C. The van der Waals surface area contributed by atoms with Gasteiger partial charge >= 0.3 is 0 Å². The molecule has 3 heteroatoms. The lowest BCUT2D eigenvalue weighted by Gasteiger charge is -2.42. The average Bonchev–Trinajstić information content (AvgIpc) is 2.43. The van der Waals surface area contributed by atoms with E-state index in [1.165, 1.54) is 0 Å². The largest absolute Gasteiger partial charge is 0.287 e. The van der Waals surface area contributed by atoms with E-state index < -0.39 is 0 Å². The van der Waals surface area contributed by atoms with Crippen molar-refractivity contribution in [2.45, 2.75) is 46.2 Å². The van der Waals surface area contributed by atoms with Gasteiger partial charge in [-0.3, -0.25) is 5.01 Å². The van der Waals surface area contributed by atoms with Gasteiger partial charge in [0.1, 0.15) is 5.92 Å². The van der Waals surface area contributed by atoms with Crippen LogP contribution in [0.25, 0.3) is 0 Å². The van der Waals surface area contributed by atoms with E-state index >= 15 is 0 Å². The molecule has 1 aliphatic heterocycles. The standard InChI is InChI=1S/C11H19N3/c1-8(2)11(5)10(6-12)7-13-14(11)9(3)4/h7-10H,1-5H3. The molecule has 0 fully saturated rings. The number of hydrazone groups is 1. The van der Waals surface area contributed by atoms with Crippen molar-refractivity contribution in [1.29, 1.82) is 5.26 Å². The first-order valence-corrected chi connectivity index (χ1v) is 5.17. The Hall–Kier alpha value is -1.04. The van der Waals surface area contributed by atoms with E-state index in [4.69, 9.17) is 5.26 Å². The summed E-state index contributed by atoms with van der Waals surface area (Å²) < 4.78 is 0. The summed E-state index contributed by atoms with van der Waals surface area (Å²) in [6.45, 7) is 10.6. The van der Waals surface area contributed by atoms with Crippen molar-refractivity contribution < 1.29 is 0 Å². The first-order chi connectivity index (χ1) is 6.44. The van der Waals surface area contributed by atoms with E-state index in [9.17, 15) is 0 Å². The fraction of sp³-hybridized carbons (Fsp3) is 0.818. The number of hydrogen-bond acceptors (Lipinski definition) is 3. The van der Waals surface area contributed by atoms with E-state index in [0.717, 1.165) is 0 Å². The third-order valence-corrected chi connectivity index (χ3v) is 3.26. The predicted molar refractivity (Wildman–Crippen MR) is 57.8 cm³/mol. The summed E-state index contributed by atoms with van der Waals surface area (Å²) >= 11 is 0. The first-order valence-electron chi connectivity index (χ1n) is 5.17. The maximum atomic E-state index is 9.08. The summed E-state index contributed by atoms with van der Waals surface area (Å²) in [5.41, 5.74) is -0.150. The van der Waals surface area contributed by atoms with E-state index in [1.807, 2.05) is 0 Å². The van der Waals surface area contributed by atoms with Crippen LogP contribution in [0.1, 0.15) is 34.6 Å². The Kier molecular flexibility index (Phi) is 2.84. The van der Waals surface area contributed by atoms with Crippen LogP contribution in [0.5, 0.6) is 0 Å². The lowest BCUT2D eigenvalue weighted by molar-refractivity contribution is 0.0408. The molecular weight excluding hydrogens is 174 g/mol. The molecule has 0 spiro atoms. The topological polar surface area (TPSA) is 39.4 Å². The van der Waals surface area contributed by atoms with E-state index in [2.05, 4.69) is 50.8 Å². The van der Waals surface area contributed by atoms with Crippen molar-refractivity contribution in [3.8, 4) is 6.07 Å². The molecule has 14 heavy (non-hydrogen) atoms. The average molecular weight is 193 g/mol. The molecule has 0 aromatic rings. The van der Waals surface area contributed by atoms with Crippen LogP contribution in [0, 0.1) is 23.2 Å². The van der Waals surface area contributed by atoms with Crippen LogP contribution in [-0.4, -0.2) is 22.8 Å². The molecule has 0 aliphatic carbocycles. The monoisotopic (exact) mass is 193 g/mol. The zero-order chi connectivity index (χ0) is 10.9. The summed E-state index contributed by atoms with van der Waals surface area (Å²) in [6.07, 6.45) is 1.78. The third-order valence-electron chi connectivity index (χ3n) is 3.26. The summed E-state index contributed by atoms with van der Waals surface area (Å²) in [4.78, 5) is 0. The van der Waals surface area contributed by atoms with Crippen molar-refractivity contribution in [3.05, 3.63) is 0 Å². The van der Waals surface area contributed by atoms with Gasteiger partial charge in [-0.05, 0) is 26.7 Å². The molecule has 0 radical (unpaired) electrons. The highest BCUT2D eigenvalue weighted by Crippen LogP contribution is 2.37. The van der Waals surface area contributed by atoms with Crippen LogP contribution in [0.3, 0.4) is 0 Å². The molecule has 78 valence electrons. The van der Waals surface area contributed by atoms with Gasteiger partial charge in [0.05, 0.1) is 11.6 Å². The molecule has 2 unspecified atom stereocenters. The third kappa shape index (κ3) is 1.39. The van der Waals surface area contributed by atoms with Gasteiger partial charge in [-0.2, -0.15) is 10.4 Å². The van der Waals surface area contributed by atoms with Crippen LogP contribution < -0.4 is 0 Å². The van der Waals surface area contributed by atoms with Crippen LogP contribution >= 0.6 is 0 Å². The van der Waals surface area contributed by atoms with Gasteiger partial charge in [0.15, 0.2) is 0 Å². The van der Waals surface area contributed by atoms with Gasteiger partial charge in [-0.1, -0.05) is 13.8 Å². The highest BCUT2D eigenvalue weighted by atomic mass is 15.5. The minimum absolute atomic E-state index is 0.0927. The van der Waals surface area contributed by atoms with E-state index in [0.29, 0.717) is 12.0 Å². The van der Waals surface area contributed by atoms with Crippen LogP contribution in [0.4, 0.5) is 0 Å². The molecule has 3 nitrogen and oxygen atoms in total. The quantitative estimate of drug-likeness (QED) is 0.674. The second-order valence-corrected chi connectivity index (χ2v) is 4.69. The van der Waals surface area contributed by atoms with Crippen LogP contribution in [0.15, 0.2) is 5.10 Å². The number of rotatable bonds is 2. The van der Waals surface area contributed by atoms with Crippen molar-refractivity contribution in [2.75, 3.05) is 0 Å². The Morgan fingerprint density at radius 1 is 1.43 bits per heavy atom. The Morgan fingerprint density at radius 3 is 2.36 bits per heavy atom. The minimum Gasteiger partial charge on any atom is -0.287 e. The van der Waals surface area contributed by atoms with Crippen molar-refractivity contribution in [2.24, 2.45) is 16.9 Å². The number of nitriles is 1. The van der Waals surface area contributed by atoms with Crippen LogP contribution in [0.2, 0.25) is 0 Å². The maximum absolute atomic E-state index is 9.08. The summed E-state index contributed by atoms with van der Waals surface area (Å²) in [6, 6.07) is 2.67. The van der Waals surface area contributed by atoms with Gasteiger partial charge in [0.2, 0.25) is 0 Å². The second kappa shape index (κ2) is 3.61. The van der Waals surface area contributed by atoms with Crippen molar-refractivity contribution in [1.82, 2.24) is 5.01 Å². The first kappa shape index (κ1) is 11.0. The molecule has 0 bridgehead atoms. The minimum atomic E-state index is -0.150. The molecule has 0 aromatic carbocycles. The van der Waals surface area contributed by atoms with E-state index in [-0.39, 0.29) is 11.5 Å². The molecule has 1 heterocycles. The predicted octanol–water partition coefficient (Wildman–Crippen LogP) is 2.25. The molecule has 2 atom stereocenters. The number of nitrogens with zero attached hydrogens (tertiary/aromatic N) is 3. The lowest BCUT2D eigenvalue weighted by Crippen LogP contribution is -2.51. The molecule has 0 saturated heterocycles. The number of hydrogen-bond donors (Lipinski definition) is 0. The Labute approximate surface area is 86.4 Å².